The highest BCUT2D eigenvalue weighted by atomic mass is 32.2. The lowest BCUT2D eigenvalue weighted by Gasteiger charge is -2.40. The summed E-state index contributed by atoms with van der Waals surface area (Å²) in [5.74, 6) is -2.00. The van der Waals surface area contributed by atoms with Crippen LogP contribution in [0.2, 0.25) is 0 Å². The number of carbonyl (C=O) groups is 2. The van der Waals surface area contributed by atoms with Crippen molar-refractivity contribution in [1.29, 1.82) is 0 Å². The molecule has 0 saturated carbocycles. The normalized spacial score (nSPS) is 20.6. The van der Waals surface area contributed by atoms with E-state index in [1.807, 2.05) is 0 Å². The molecule has 0 amide bonds. The van der Waals surface area contributed by atoms with Gasteiger partial charge in [-0.05, 0) is 64.2 Å². The first-order valence-electron chi connectivity index (χ1n) is 22.9. The van der Waals surface area contributed by atoms with Gasteiger partial charge in [0.25, 0.3) is 10.1 Å². The van der Waals surface area contributed by atoms with Gasteiger partial charge in [-0.3, -0.25) is 14.1 Å². The van der Waals surface area contributed by atoms with Crippen LogP contribution >= 0.6 is 0 Å². The second-order valence-corrected chi connectivity index (χ2v) is 17.6. The number of hydrogen-bond donors (Lipinski definition) is 4. The Morgan fingerprint density at radius 3 is 1.43 bits per heavy atom. The number of carbonyl (C=O) groups excluding carboxylic acids is 2. The summed E-state index contributed by atoms with van der Waals surface area (Å²) >= 11 is 0. The van der Waals surface area contributed by atoms with Gasteiger partial charge in [0, 0.05) is 12.8 Å². The van der Waals surface area contributed by atoms with Crippen molar-refractivity contribution < 1.29 is 56.8 Å². The van der Waals surface area contributed by atoms with Crippen molar-refractivity contribution in [3.8, 4) is 0 Å². The van der Waals surface area contributed by atoms with Gasteiger partial charge in [-0.25, -0.2) is 0 Å². The summed E-state index contributed by atoms with van der Waals surface area (Å²) in [6.45, 7) is 3.74. The predicted octanol–water partition coefficient (Wildman–Crippen LogP) is 9.23. The van der Waals surface area contributed by atoms with Crippen molar-refractivity contribution in [2.24, 2.45) is 0 Å². The third kappa shape index (κ3) is 30.2. The molecule has 0 aromatic rings. The van der Waals surface area contributed by atoms with Crippen LogP contribution in [0.4, 0.5) is 0 Å². The SMILES string of the molecule is CCCCCCCC/C=C\CCCCCCCC(=O)OCC(COC1OC(CS(=O)(=O)O)C(O)C(O)C1O)OC(=O)CCCCCCC/C=C\CCCCCCCC. The molecule has 0 aromatic carbocycles. The molecule has 1 aliphatic rings. The van der Waals surface area contributed by atoms with Gasteiger partial charge in [-0.1, -0.05) is 141 Å². The summed E-state index contributed by atoms with van der Waals surface area (Å²) in [7, 11) is -4.60. The Labute approximate surface area is 351 Å². The van der Waals surface area contributed by atoms with E-state index >= 15 is 0 Å². The van der Waals surface area contributed by atoms with E-state index in [9.17, 15) is 37.9 Å². The fraction of sp³-hybridized carbons (Fsp3) is 0.867. The Hall–Kier alpha value is -1.87. The van der Waals surface area contributed by atoms with Gasteiger partial charge in [-0.2, -0.15) is 8.42 Å². The van der Waals surface area contributed by atoms with Gasteiger partial charge in [-0.15, -0.1) is 0 Å². The zero-order valence-corrected chi connectivity index (χ0v) is 37.0. The van der Waals surface area contributed by atoms with Crippen LogP contribution in [0.15, 0.2) is 24.3 Å². The third-order valence-corrected chi connectivity index (χ3v) is 11.3. The molecule has 0 spiro atoms. The largest absolute Gasteiger partial charge is 0.462 e. The monoisotopic (exact) mass is 847 g/mol. The summed E-state index contributed by atoms with van der Waals surface area (Å²) in [5.41, 5.74) is 0. The molecule has 1 fully saturated rings. The lowest BCUT2D eigenvalue weighted by atomic mass is 10.00. The fourth-order valence-corrected chi connectivity index (χ4v) is 7.59. The smallest absolute Gasteiger partial charge is 0.306 e. The summed E-state index contributed by atoms with van der Waals surface area (Å²) in [5, 5.41) is 30.9. The fourth-order valence-electron chi connectivity index (χ4n) is 6.90. The standard InChI is InChI=1S/C45H82O12S/c1-3-5-7-9-11-13-15-17-19-21-23-25-27-29-31-33-40(46)54-35-38(36-55-45-44(50)43(49)42(48)39(57-45)37-58(51,52)53)56-41(47)34-32-30-28-26-24-22-20-18-16-14-12-10-8-6-4-2/h17-20,38-39,42-45,48-50H,3-16,21-37H2,1-2H3,(H,51,52,53)/b19-17-,20-18-. The summed E-state index contributed by atoms with van der Waals surface area (Å²) in [4.78, 5) is 25.4. The highest BCUT2D eigenvalue weighted by Gasteiger charge is 2.46. The maximum Gasteiger partial charge on any atom is 0.306 e. The Kier molecular flexibility index (Phi) is 33.5. The highest BCUT2D eigenvalue weighted by Crippen LogP contribution is 2.24. The molecule has 340 valence electrons. The van der Waals surface area contributed by atoms with Crippen LogP contribution in [0.25, 0.3) is 0 Å². The van der Waals surface area contributed by atoms with Gasteiger partial charge in [0.2, 0.25) is 0 Å². The molecular formula is C45H82O12S. The zero-order chi connectivity index (χ0) is 42.7. The summed E-state index contributed by atoms with van der Waals surface area (Å²) in [6.07, 6.45) is 29.3. The molecule has 12 nitrogen and oxygen atoms in total. The number of unbranched alkanes of at least 4 members (excludes halogenated alkanes) is 22. The van der Waals surface area contributed by atoms with Crippen molar-refractivity contribution in [2.45, 2.75) is 230 Å². The molecule has 1 rings (SSSR count). The van der Waals surface area contributed by atoms with Gasteiger partial charge < -0.3 is 34.3 Å². The van der Waals surface area contributed by atoms with Gasteiger partial charge in [0.15, 0.2) is 12.4 Å². The van der Waals surface area contributed by atoms with Crippen molar-refractivity contribution in [2.75, 3.05) is 19.0 Å². The van der Waals surface area contributed by atoms with Crippen LogP contribution in [0.5, 0.6) is 0 Å². The molecule has 1 aliphatic heterocycles. The van der Waals surface area contributed by atoms with Crippen molar-refractivity contribution in [1.82, 2.24) is 0 Å². The Morgan fingerprint density at radius 2 is 0.983 bits per heavy atom. The molecule has 0 aromatic heterocycles. The zero-order valence-electron chi connectivity index (χ0n) is 36.2. The molecule has 0 bridgehead atoms. The van der Waals surface area contributed by atoms with Gasteiger partial charge >= 0.3 is 11.9 Å². The van der Waals surface area contributed by atoms with Crippen LogP contribution in [-0.4, -0.2) is 96.0 Å². The number of esters is 2. The maximum absolute atomic E-state index is 12.8. The quantitative estimate of drug-likeness (QED) is 0.0200. The predicted molar refractivity (Wildman–Crippen MR) is 229 cm³/mol. The molecule has 6 atom stereocenters. The van der Waals surface area contributed by atoms with Gasteiger partial charge in [0.05, 0.1) is 6.61 Å². The number of hydrogen-bond acceptors (Lipinski definition) is 11. The Bertz CT molecular complexity index is 1180. The number of aliphatic hydroxyl groups excluding tert-OH is 3. The minimum Gasteiger partial charge on any atom is -0.462 e. The van der Waals surface area contributed by atoms with E-state index in [-0.39, 0.29) is 19.4 Å². The molecule has 58 heavy (non-hydrogen) atoms. The average molecular weight is 847 g/mol. The molecule has 0 radical (unpaired) electrons. The van der Waals surface area contributed by atoms with E-state index in [1.54, 1.807) is 0 Å². The van der Waals surface area contributed by atoms with E-state index in [0.717, 1.165) is 77.0 Å². The van der Waals surface area contributed by atoms with Crippen molar-refractivity contribution in [3.05, 3.63) is 24.3 Å². The summed E-state index contributed by atoms with van der Waals surface area (Å²) < 4.78 is 54.0. The molecule has 0 aliphatic carbocycles. The number of allylic oxidation sites excluding steroid dienone is 4. The third-order valence-electron chi connectivity index (χ3n) is 10.5. The lowest BCUT2D eigenvalue weighted by molar-refractivity contribution is -0.297. The molecule has 4 N–H and O–H groups in total. The van der Waals surface area contributed by atoms with Crippen LogP contribution < -0.4 is 0 Å². The van der Waals surface area contributed by atoms with E-state index in [0.29, 0.717) is 12.8 Å². The van der Waals surface area contributed by atoms with E-state index in [4.69, 9.17) is 18.9 Å². The number of rotatable bonds is 38. The minimum absolute atomic E-state index is 0.154. The first-order chi connectivity index (χ1) is 28.0. The molecule has 13 heteroatoms. The lowest BCUT2D eigenvalue weighted by Crippen LogP contribution is -2.60. The minimum atomic E-state index is -4.60. The van der Waals surface area contributed by atoms with E-state index in [2.05, 4.69) is 38.2 Å². The van der Waals surface area contributed by atoms with Crippen LogP contribution in [0, 0.1) is 0 Å². The number of ether oxygens (including phenoxy) is 4. The summed E-state index contributed by atoms with van der Waals surface area (Å²) in [6, 6.07) is 0. The molecule has 6 unspecified atom stereocenters. The topological polar surface area (TPSA) is 186 Å². The highest BCUT2D eigenvalue weighted by molar-refractivity contribution is 7.85. The Morgan fingerprint density at radius 1 is 0.569 bits per heavy atom. The van der Waals surface area contributed by atoms with Crippen molar-refractivity contribution in [3.63, 3.8) is 0 Å². The second kappa shape index (κ2) is 35.8. The van der Waals surface area contributed by atoms with Crippen LogP contribution in [0.3, 0.4) is 0 Å². The number of aliphatic hydroxyl groups is 3. The average Bonchev–Trinajstić information content (AvgIpc) is 3.18. The molecule has 1 saturated heterocycles. The van der Waals surface area contributed by atoms with Crippen molar-refractivity contribution >= 4 is 22.1 Å². The van der Waals surface area contributed by atoms with E-state index < -0.39 is 71.2 Å². The maximum atomic E-state index is 12.8. The van der Waals surface area contributed by atoms with Crippen LogP contribution in [-0.2, 0) is 38.7 Å². The Balaban J connectivity index is 2.46. The molecule has 1 heterocycles. The second-order valence-electron chi connectivity index (χ2n) is 16.1. The first-order valence-corrected chi connectivity index (χ1v) is 24.5. The van der Waals surface area contributed by atoms with Gasteiger partial charge in [0.1, 0.15) is 36.8 Å². The molecular weight excluding hydrogens is 765 g/mol. The first kappa shape index (κ1) is 54.1. The van der Waals surface area contributed by atoms with E-state index in [1.165, 1.54) is 77.0 Å². The van der Waals surface area contributed by atoms with Crippen LogP contribution in [0.1, 0.15) is 194 Å².